The fourth-order valence-corrected chi connectivity index (χ4v) is 4.65. The van der Waals surface area contributed by atoms with E-state index < -0.39 is 23.9 Å². The van der Waals surface area contributed by atoms with Crippen LogP contribution in [0, 0.1) is 5.92 Å². The number of benzene rings is 1. The SMILES string of the molecule is CCC[C@@H](NC(=O)N1C(=O)[C@H](Cc2ccnc(N)c2)[C@H]1C(=O)N(C)c1ccnn1C)c1ccccc1. The highest BCUT2D eigenvalue weighted by atomic mass is 16.2. The van der Waals surface area contributed by atoms with E-state index in [9.17, 15) is 14.4 Å². The van der Waals surface area contributed by atoms with Gasteiger partial charge in [0.25, 0.3) is 5.91 Å². The number of nitrogens with two attached hydrogens (primary N) is 1. The quantitative estimate of drug-likeness (QED) is 0.469. The molecule has 10 heteroatoms. The second-order valence-corrected chi connectivity index (χ2v) is 8.96. The van der Waals surface area contributed by atoms with Crippen molar-refractivity contribution in [1.82, 2.24) is 25.0 Å². The summed E-state index contributed by atoms with van der Waals surface area (Å²) in [5.41, 5.74) is 7.53. The average molecular weight is 490 g/mol. The second-order valence-electron chi connectivity index (χ2n) is 8.96. The number of urea groups is 1. The van der Waals surface area contributed by atoms with E-state index >= 15 is 0 Å². The van der Waals surface area contributed by atoms with Crippen LogP contribution in [0.15, 0.2) is 60.9 Å². The van der Waals surface area contributed by atoms with Crippen LogP contribution in [0.2, 0.25) is 0 Å². The number of aryl methyl sites for hydroxylation is 1. The first-order valence-corrected chi connectivity index (χ1v) is 12.0. The van der Waals surface area contributed by atoms with Crippen LogP contribution < -0.4 is 16.0 Å². The molecule has 1 fully saturated rings. The molecule has 3 heterocycles. The highest BCUT2D eigenvalue weighted by Crippen LogP contribution is 2.33. The van der Waals surface area contributed by atoms with Gasteiger partial charge in [-0.25, -0.2) is 9.78 Å². The van der Waals surface area contributed by atoms with Crippen LogP contribution in [0.1, 0.15) is 36.9 Å². The molecule has 0 aliphatic carbocycles. The van der Waals surface area contributed by atoms with Crippen LogP contribution in [-0.2, 0) is 23.1 Å². The van der Waals surface area contributed by atoms with Gasteiger partial charge in [0.05, 0.1) is 18.2 Å². The van der Waals surface area contributed by atoms with Gasteiger partial charge in [-0.1, -0.05) is 43.7 Å². The molecule has 0 spiro atoms. The van der Waals surface area contributed by atoms with Crippen molar-refractivity contribution >= 4 is 29.5 Å². The molecule has 4 amide bonds. The summed E-state index contributed by atoms with van der Waals surface area (Å²) in [6.45, 7) is 2.03. The molecule has 0 bridgehead atoms. The van der Waals surface area contributed by atoms with Crippen molar-refractivity contribution in [2.24, 2.45) is 13.0 Å². The van der Waals surface area contributed by atoms with E-state index in [1.54, 1.807) is 49.4 Å². The lowest BCUT2D eigenvalue weighted by Crippen LogP contribution is -2.70. The van der Waals surface area contributed by atoms with Crippen molar-refractivity contribution in [3.05, 3.63) is 72.1 Å². The number of rotatable bonds is 8. The Kier molecular flexibility index (Phi) is 7.33. The summed E-state index contributed by atoms with van der Waals surface area (Å²) in [7, 11) is 3.34. The average Bonchev–Trinajstić information content (AvgIpc) is 3.30. The van der Waals surface area contributed by atoms with Crippen molar-refractivity contribution < 1.29 is 14.4 Å². The fourth-order valence-electron chi connectivity index (χ4n) is 4.65. The van der Waals surface area contributed by atoms with Crippen molar-refractivity contribution in [2.45, 2.75) is 38.3 Å². The number of aromatic nitrogens is 3. The van der Waals surface area contributed by atoms with Gasteiger partial charge < -0.3 is 11.1 Å². The number of amides is 4. The Balaban J connectivity index is 1.61. The minimum absolute atomic E-state index is 0.266. The molecular formula is C26H31N7O3. The summed E-state index contributed by atoms with van der Waals surface area (Å²) in [6.07, 6.45) is 4.95. The number of carbonyl (C=O) groups excluding carboxylic acids is 3. The van der Waals surface area contributed by atoms with E-state index in [-0.39, 0.29) is 18.4 Å². The highest BCUT2D eigenvalue weighted by Gasteiger charge is 2.55. The van der Waals surface area contributed by atoms with Gasteiger partial charge in [-0.15, -0.1) is 0 Å². The third-order valence-corrected chi connectivity index (χ3v) is 6.53. The molecule has 3 N–H and O–H groups in total. The Morgan fingerprint density at radius 3 is 2.56 bits per heavy atom. The Labute approximate surface area is 210 Å². The molecule has 36 heavy (non-hydrogen) atoms. The number of nitrogens with one attached hydrogen (secondary N) is 1. The number of likely N-dealkylation sites (N-methyl/N-ethyl adjacent to an activating group) is 1. The molecule has 4 rings (SSSR count). The number of pyridine rings is 1. The lowest BCUT2D eigenvalue weighted by molar-refractivity contribution is -0.156. The van der Waals surface area contributed by atoms with E-state index in [4.69, 9.17) is 5.73 Å². The first-order chi connectivity index (χ1) is 17.3. The van der Waals surface area contributed by atoms with Gasteiger partial charge >= 0.3 is 6.03 Å². The Morgan fingerprint density at radius 2 is 1.92 bits per heavy atom. The van der Waals surface area contributed by atoms with Gasteiger partial charge in [0.15, 0.2) is 0 Å². The van der Waals surface area contributed by atoms with Crippen molar-refractivity contribution in [3.8, 4) is 0 Å². The van der Waals surface area contributed by atoms with Crippen LogP contribution in [0.4, 0.5) is 16.4 Å². The molecule has 1 aromatic carbocycles. The molecule has 3 atom stereocenters. The van der Waals surface area contributed by atoms with Gasteiger partial charge in [-0.3, -0.25) is 24.1 Å². The number of hydrogen-bond acceptors (Lipinski definition) is 6. The van der Waals surface area contributed by atoms with E-state index in [0.717, 1.165) is 22.4 Å². The molecule has 188 valence electrons. The van der Waals surface area contributed by atoms with E-state index in [1.165, 1.54) is 4.90 Å². The van der Waals surface area contributed by atoms with Gasteiger partial charge in [0, 0.05) is 26.4 Å². The number of nitrogens with zero attached hydrogens (tertiary/aromatic N) is 5. The van der Waals surface area contributed by atoms with Crippen LogP contribution >= 0.6 is 0 Å². The summed E-state index contributed by atoms with van der Waals surface area (Å²) in [6, 6.07) is 12.9. The largest absolute Gasteiger partial charge is 0.384 e. The zero-order chi connectivity index (χ0) is 25.8. The Bertz CT molecular complexity index is 1240. The summed E-state index contributed by atoms with van der Waals surface area (Å²) in [5, 5.41) is 7.10. The standard InChI is InChI=1S/C26H31N7O3/c1-4-8-20(18-9-6-5-7-10-18)30-26(36)33-23(25(35)31(2)22-12-14-29-32(22)3)19(24(33)34)15-17-11-13-28-21(27)16-17/h5-7,9-14,16,19-20,23H,4,8,15H2,1-3H3,(H2,27,28)(H,30,36)/t19-,20-,23+/m1/s1. The van der Waals surface area contributed by atoms with Gasteiger partial charge in [-0.05, 0) is 36.1 Å². The number of likely N-dealkylation sites (tertiary alicyclic amines) is 1. The Hall–Kier alpha value is -4.21. The molecule has 0 saturated carbocycles. The van der Waals surface area contributed by atoms with E-state index in [1.807, 2.05) is 37.3 Å². The van der Waals surface area contributed by atoms with Crippen molar-refractivity contribution in [3.63, 3.8) is 0 Å². The molecule has 3 aromatic rings. The number of β-lactam (4-membered cyclic amide) rings is 1. The van der Waals surface area contributed by atoms with Crippen LogP contribution in [-0.4, -0.2) is 50.6 Å². The number of nitrogen functional groups attached to an aromatic ring is 1. The third-order valence-electron chi connectivity index (χ3n) is 6.53. The normalized spacial score (nSPS) is 17.9. The highest BCUT2D eigenvalue weighted by molar-refractivity contribution is 6.12. The molecular weight excluding hydrogens is 458 g/mol. The maximum Gasteiger partial charge on any atom is 0.325 e. The summed E-state index contributed by atoms with van der Waals surface area (Å²) in [5.74, 6) is -0.592. The molecule has 0 unspecified atom stereocenters. The molecule has 2 aromatic heterocycles. The van der Waals surface area contributed by atoms with Crippen molar-refractivity contribution in [1.29, 1.82) is 0 Å². The first-order valence-electron chi connectivity index (χ1n) is 12.0. The minimum Gasteiger partial charge on any atom is -0.384 e. The number of hydrogen-bond donors (Lipinski definition) is 2. The number of anilines is 2. The lowest BCUT2D eigenvalue weighted by atomic mass is 9.81. The monoisotopic (exact) mass is 489 g/mol. The van der Waals surface area contributed by atoms with Crippen LogP contribution in [0.3, 0.4) is 0 Å². The van der Waals surface area contributed by atoms with Crippen molar-refractivity contribution in [2.75, 3.05) is 17.7 Å². The fraction of sp³-hybridized carbons (Fsp3) is 0.346. The maximum absolute atomic E-state index is 13.7. The maximum atomic E-state index is 13.7. The van der Waals surface area contributed by atoms with Gasteiger partial charge in [0.2, 0.25) is 5.91 Å². The van der Waals surface area contributed by atoms with Gasteiger partial charge in [-0.2, -0.15) is 5.10 Å². The zero-order valence-electron chi connectivity index (χ0n) is 20.7. The Morgan fingerprint density at radius 1 is 1.17 bits per heavy atom. The predicted molar refractivity (Wildman–Crippen MR) is 136 cm³/mol. The molecule has 10 nitrogen and oxygen atoms in total. The van der Waals surface area contributed by atoms with E-state index in [0.29, 0.717) is 18.1 Å². The van der Waals surface area contributed by atoms with E-state index in [2.05, 4.69) is 15.4 Å². The topological polar surface area (TPSA) is 126 Å². The van der Waals surface area contributed by atoms with Gasteiger partial charge in [0.1, 0.15) is 17.7 Å². The third kappa shape index (κ3) is 4.93. The predicted octanol–water partition coefficient (Wildman–Crippen LogP) is 2.68. The molecule has 1 saturated heterocycles. The minimum atomic E-state index is -0.968. The number of carbonyl (C=O) groups is 3. The molecule has 1 aliphatic rings. The summed E-state index contributed by atoms with van der Waals surface area (Å²) >= 11 is 0. The number of imide groups is 1. The second kappa shape index (κ2) is 10.6. The van der Waals surface area contributed by atoms with Crippen LogP contribution in [0.5, 0.6) is 0 Å². The van der Waals surface area contributed by atoms with Crippen LogP contribution in [0.25, 0.3) is 0 Å². The first kappa shape index (κ1) is 24.9. The molecule has 1 aliphatic heterocycles. The molecule has 0 radical (unpaired) electrons. The zero-order valence-corrected chi connectivity index (χ0v) is 20.7. The summed E-state index contributed by atoms with van der Waals surface area (Å²) in [4.78, 5) is 46.8. The lowest BCUT2D eigenvalue weighted by Gasteiger charge is -2.46. The summed E-state index contributed by atoms with van der Waals surface area (Å²) < 4.78 is 1.56. The smallest absolute Gasteiger partial charge is 0.325 e.